The third-order valence-corrected chi connectivity index (χ3v) is 3.89. The minimum atomic E-state index is 0.207. The molecular formula is C15H22BrN3. The van der Waals surface area contributed by atoms with Crippen LogP contribution < -0.4 is 10.2 Å². The van der Waals surface area contributed by atoms with Crippen molar-refractivity contribution in [1.82, 2.24) is 5.32 Å². The predicted octanol–water partition coefficient (Wildman–Crippen LogP) is 3.86. The van der Waals surface area contributed by atoms with Crippen LogP contribution in [0.15, 0.2) is 22.7 Å². The summed E-state index contributed by atoms with van der Waals surface area (Å²) in [4.78, 5) is 2.18. The highest BCUT2D eigenvalue weighted by Crippen LogP contribution is 2.30. The van der Waals surface area contributed by atoms with Gasteiger partial charge in [-0.05, 0) is 44.2 Å². The minimum absolute atomic E-state index is 0.207. The van der Waals surface area contributed by atoms with Crippen LogP contribution in [0.4, 0.5) is 5.69 Å². The molecule has 104 valence electrons. The Morgan fingerprint density at radius 3 is 2.68 bits per heavy atom. The number of hydrogen-bond donors (Lipinski definition) is 1. The van der Waals surface area contributed by atoms with Gasteiger partial charge in [-0.1, -0.05) is 22.9 Å². The van der Waals surface area contributed by atoms with Crippen LogP contribution in [-0.4, -0.2) is 19.6 Å². The van der Waals surface area contributed by atoms with E-state index in [1.54, 1.807) is 0 Å². The van der Waals surface area contributed by atoms with Crippen LogP contribution in [0.2, 0.25) is 0 Å². The second-order valence-electron chi connectivity index (χ2n) is 4.80. The van der Waals surface area contributed by atoms with E-state index in [1.165, 1.54) is 11.3 Å². The Labute approximate surface area is 124 Å². The van der Waals surface area contributed by atoms with Gasteiger partial charge in [0.25, 0.3) is 0 Å². The zero-order valence-electron chi connectivity index (χ0n) is 12.1. The average molecular weight is 324 g/mol. The lowest BCUT2D eigenvalue weighted by molar-refractivity contribution is 0.592. The first-order valence-electron chi connectivity index (χ1n) is 6.63. The van der Waals surface area contributed by atoms with Crippen molar-refractivity contribution in [3.05, 3.63) is 28.2 Å². The summed E-state index contributed by atoms with van der Waals surface area (Å²) in [6.07, 6.45) is 0.529. The molecule has 2 atom stereocenters. The fraction of sp³-hybridized carbons (Fsp3) is 0.533. The van der Waals surface area contributed by atoms with Crippen LogP contribution >= 0.6 is 15.9 Å². The average Bonchev–Trinajstić information content (AvgIpc) is 2.38. The normalized spacial score (nSPS) is 13.7. The summed E-state index contributed by atoms with van der Waals surface area (Å²) in [5.41, 5.74) is 2.43. The van der Waals surface area contributed by atoms with E-state index in [1.807, 2.05) is 13.1 Å². The molecular weight excluding hydrogens is 302 g/mol. The van der Waals surface area contributed by atoms with E-state index in [-0.39, 0.29) is 12.1 Å². The maximum atomic E-state index is 8.84. The summed E-state index contributed by atoms with van der Waals surface area (Å²) in [6.45, 7) is 7.28. The highest BCUT2D eigenvalue weighted by molar-refractivity contribution is 9.10. The summed E-state index contributed by atoms with van der Waals surface area (Å²) >= 11 is 3.53. The SMILES string of the molecule is CCNC(C)c1cc(Br)ccc1N(C)C(C)CC#N. The predicted molar refractivity (Wildman–Crippen MR) is 84.3 cm³/mol. The largest absolute Gasteiger partial charge is 0.371 e. The molecule has 0 radical (unpaired) electrons. The summed E-state index contributed by atoms with van der Waals surface area (Å²) in [5.74, 6) is 0. The molecule has 4 heteroatoms. The number of nitrogens with one attached hydrogen (secondary N) is 1. The lowest BCUT2D eigenvalue weighted by atomic mass is 10.0. The Morgan fingerprint density at radius 1 is 1.42 bits per heavy atom. The number of hydrogen-bond acceptors (Lipinski definition) is 3. The molecule has 0 aliphatic heterocycles. The van der Waals surface area contributed by atoms with E-state index < -0.39 is 0 Å². The van der Waals surface area contributed by atoms with Crippen LogP contribution in [0.25, 0.3) is 0 Å². The van der Waals surface area contributed by atoms with Crippen molar-refractivity contribution in [2.24, 2.45) is 0 Å². The van der Waals surface area contributed by atoms with E-state index >= 15 is 0 Å². The van der Waals surface area contributed by atoms with Crippen molar-refractivity contribution in [3.63, 3.8) is 0 Å². The topological polar surface area (TPSA) is 39.1 Å². The molecule has 0 spiro atoms. The molecule has 0 saturated heterocycles. The number of benzene rings is 1. The number of rotatable bonds is 6. The fourth-order valence-electron chi connectivity index (χ4n) is 2.12. The standard InChI is InChI=1S/C15H22BrN3/c1-5-18-12(3)14-10-13(16)6-7-15(14)19(4)11(2)8-9-17/h6-7,10-12,18H,5,8H2,1-4H3. The third-order valence-electron chi connectivity index (χ3n) is 3.39. The second-order valence-corrected chi connectivity index (χ2v) is 5.72. The maximum absolute atomic E-state index is 8.84. The van der Waals surface area contributed by atoms with Gasteiger partial charge in [0.15, 0.2) is 0 Å². The lowest BCUT2D eigenvalue weighted by Gasteiger charge is -2.29. The maximum Gasteiger partial charge on any atom is 0.0643 e. The van der Waals surface area contributed by atoms with Crippen molar-refractivity contribution >= 4 is 21.6 Å². The quantitative estimate of drug-likeness (QED) is 0.864. The first-order valence-corrected chi connectivity index (χ1v) is 7.43. The Morgan fingerprint density at radius 2 is 2.11 bits per heavy atom. The van der Waals surface area contributed by atoms with Crippen molar-refractivity contribution in [2.75, 3.05) is 18.5 Å². The molecule has 1 rings (SSSR count). The molecule has 19 heavy (non-hydrogen) atoms. The van der Waals surface area contributed by atoms with Gasteiger partial charge in [0.1, 0.15) is 0 Å². The Hall–Kier alpha value is -1.05. The lowest BCUT2D eigenvalue weighted by Crippen LogP contribution is -2.30. The number of halogens is 1. The zero-order chi connectivity index (χ0) is 14.4. The monoisotopic (exact) mass is 323 g/mol. The van der Waals surface area contributed by atoms with Crippen LogP contribution in [0.1, 0.15) is 38.8 Å². The van der Waals surface area contributed by atoms with Gasteiger partial charge in [0.05, 0.1) is 12.5 Å². The van der Waals surface area contributed by atoms with E-state index in [9.17, 15) is 0 Å². The molecule has 0 bridgehead atoms. The van der Waals surface area contributed by atoms with Crippen LogP contribution in [0, 0.1) is 11.3 Å². The zero-order valence-corrected chi connectivity index (χ0v) is 13.7. The van der Waals surface area contributed by atoms with Gasteiger partial charge < -0.3 is 10.2 Å². The van der Waals surface area contributed by atoms with Crippen molar-refractivity contribution in [1.29, 1.82) is 5.26 Å². The number of nitriles is 1. The van der Waals surface area contributed by atoms with E-state index in [2.05, 4.69) is 65.1 Å². The fourth-order valence-corrected chi connectivity index (χ4v) is 2.49. The van der Waals surface area contributed by atoms with Crippen molar-refractivity contribution in [3.8, 4) is 6.07 Å². The molecule has 1 N–H and O–H groups in total. The summed E-state index contributed by atoms with van der Waals surface area (Å²) in [6, 6.07) is 9.04. The Kier molecular flexibility index (Phi) is 6.33. The van der Waals surface area contributed by atoms with Crippen LogP contribution in [-0.2, 0) is 0 Å². The Bertz CT molecular complexity index is 453. The third kappa shape index (κ3) is 4.22. The van der Waals surface area contributed by atoms with Gasteiger partial charge in [-0.25, -0.2) is 0 Å². The van der Waals surface area contributed by atoms with Crippen LogP contribution in [0.5, 0.6) is 0 Å². The number of anilines is 1. The first kappa shape index (κ1) is 16.0. The number of nitrogens with zero attached hydrogens (tertiary/aromatic N) is 2. The molecule has 1 aromatic rings. The van der Waals surface area contributed by atoms with Gasteiger partial charge >= 0.3 is 0 Å². The smallest absolute Gasteiger partial charge is 0.0643 e. The Balaban J connectivity index is 3.09. The minimum Gasteiger partial charge on any atom is -0.371 e. The summed E-state index contributed by atoms with van der Waals surface area (Å²) in [5, 5.41) is 12.3. The van der Waals surface area contributed by atoms with Gasteiger partial charge in [-0.2, -0.15) is 5.26 Å². The van der Waals surface area contributed by atoms with Crippen LogP contribution in [0.3, 0.4) is 0 Å². The molecule has 3 nitrogen and oxygen atoms in total. The highest BCUT2D eigenvalue weighted by atomic mass is 79.9. The van der Waals surface area contributed by atoms with Gasteiger partial charge in [-0.3, -0.25) is 0 Å². The van der Waals surface area contributed by atoms with Gasteiger partial charge in [0.2, 0.25) is 0 Å². The van der Waals surface area contributed by atoms with Gasteiger partial charge in [-0.15, -0.1) is 0 Å². The highest BCUT2D eigenvalue weighted by Gasteiger charge is 2.17. The summed E-state index contributed by atoms with van der Waals surface area (Å²) in [7, 11) is 2.05. The molecule has 0 aliphatic rings. The van der Waals surface area contributed by atoms with Gasteiger partial charge in [0, 0.05) is 29.3 Å². The first-order chi connectivity index (χ1) is 9.01. The summed E-state index contributed by atoms with van der Waals surface area (Å²) < 4.78 is 1.08. The molecule has 0 fully saturated rings. The molecule has 2 unspecified atom stereocenters. The van der Waals surface area contributed by atoms with E-state index in [0.29, 0.717) is 6.42 Å². The van der Waals surface area contributed by atoms with E-state index in [4.69, 9.17) is 5.26 Å². The molecule has 0 heterocycles. The molecule has 0 saturated carbocycles. The van der Waals surface area contributed by atoms with Crippen molar-refractivity contribution < 1.29 is 0 Å². The second kappa shape index (κ2) is 7.52. The molecule has 0 aliphatic carbocycles. The molecule has 0 aromatic heterocycles. The molecule has 1 aromatic carbocycles. The molecule has 0 amide bonds. The van der Waals surface area contributed by atoms with E-state index in [0.717, 1.165) is 11.0 Å². The van der Waals surface area contributed by atoms with Crippen molar-refractivity contribution in [2.45, 2.75) is 39.3 Å².